The number of benzene rings is 2. The van der Waals surface area contributed by atoms with E-state index in [9.17, 15) is 0 Å². The third-order valence-electron chi connectivity index (χ3n) is 2.31. The van der Waals surface area contributed by atoms with Gasteiger partial charge in [0, 0.05) is 11.4 Å². The number of anilines is 2. The summed E-state index contributed by atoms with van der Waals surface area (Å²) in [6.45, 7) is 0.718. The van der Waals surface area contributed by atoms with Crippen LogP contribution in [0.25, 0.3) is 0 Å². The molecule has 0 amide bonds. The van der Waals surface area contributed by atoms with E-state index in [-0.39, 0.29) is 0 Å². The summed E-state index contributed by atoms with van der Waals surface area (Å²) in [5.41, 5.74) is 2.26. The first-order valence-electron chi connectivity index (χ1n) is 5.23. The Kier molecular flexibility index (Phi) is 3.79. The van der Waals surface area contributed by atoms with Gasteiger partial charge >= 0.3 is 0 Å². The normalized spacial score (nSPS) is 9.81. The molecular formula is C13H15N2P. The van der Waals surface area contributed by atoms with Crippen LogP contribution in [0.5, 0.6) is 0 Å². The molecule has 0 aliphatic heterocycles. The lowest BCUT2D eigenvalue weighted by atomic mass is 10.3. The molecule has 16 heavy (non-hydrogen) atoms. The van der Waals surface area contributed by atoms with Gasteiger partial charge in [-0.2, -0.15) is 0 Å². The van der Waals surface area contributed by atoms with Crippen LogP contribution < -0.4 is 15.9 Å². The van der Waals surface area contributed by atoms with E-state index in [0.717, 1.165) is 18.0 Å². The van der Waals surface area contributed by atoms with E-state index in [1.807, 2.05) is 42.5 Å². The molecule has 0 radical (unpaired) electrons. The monoisotopic (exact) mass is 230 g/mol. The Morgan fingerprint density at radius 3 is 2.25 bits per heavy atom. The summed E-state index contributed by atoms with van der Waals surface area (Å²) in [6, 6.07) is 18.3. The van der Waals surface area contributed by atoms with Crippen molar-refractivity contribution in [2.45, 2.75) is 0 Å². The molecule has 0 aliphatic rings. The molecule has 0 fully saturated rings. The van der Waals surface area contributed by atoms with Crippen molar-refractivity contribution >= 4 is 25.9 Å². The molecular weight excluding hydrogens is 215 g/mol. The maximum atomic E-state index is 3.33. The fourth-order valence-corrected chi connectivity index (χ4v) is 1.76. The molecule has 0 spiro atoms. The van der Waals surface area contributed by atoms with E-state index >= 15 is 0 Å². The zero-order chi connectivity index (χ0) is 11.2. The van der Waals surface area contributed by atoms with Crippen LogP contribution in [0.2, 0.25) is 0 Å². The van der Waals surface area contributed by atoms with Gasteiger partial charge in [-0.3, -0.25) is 0 Å². The summed E-state index contributed by atoms with van der Waals surface area (Å²) in [6.07, 6.45) is 0. The zero-order valence-electron chi connectivity index (χ0n) is 8.98. The fraction of sp³-hybridized carbons (Fsp3) is 0.0769. The van der Waals surface area contributed by atoms with E-state index in [0.29, 0.717) is 0 Å². The van der Waals surface area contributed by atoms with E-state index < -0.39 is 0 Å². The molecule has 2 N–H and O–H groups in total. The minimum absolute atomic E-state index is 0.718. The summed E-state index contributed by atoms with van der Waals surface area (Å²) >= 11 is 0. The van der Waals surface area contributed by atoms with Gasteiger partial charge in [-0.25, -0.2) is 0 Å². The highest BCUT2D eigenvalue weighted by Gasteiger charge is 1.94. The molecule has 2 aromatic carbocycles. The average molecular weight is 230 g/mol. The van der Waals surface area contributed by atoms with Gasteiger partial charge in [-0.05, 0) is 23.5 Å². The second kappa shape index (κ2) is 5.53. The molecule has 1 atom stereocenters. The van der Waals surface area contributed by atoms with Crippen molar-refractivity contribution in [3.05, 3.63) is 54.6 Å². The zero-order valence-corrected chi connectivity index (χ0v) is 10.1. The first kappa shape index (κ1) is 11.0. The molecule has 0 aromatic heterocycles. The minimum Gasteiger partial charge on any atom is -0.368 e. The number of nitrogens with one attached hydrogen (secondary N) is 2. The Labute approximate surface area is 98.3 Å². The molecule has 2 rings (SSSR count). The summed E-state index contributed by atoms with van der Waals surface area (Å²) in [4.78, 5) is 0. The quantitative estimate of drug-likeness (QED) is 0.623. The van der Waals surface area contributed by atoms with Crippen molar-refractivity contribution in [3.63, 3.8) is 0 Å². The van der Waals surface area contributed by atoms with Gasteiger partial charge < -0.3 is 10.6 Å². The second-order valence-corrected chi connectivity index (χ2v) is 4.11. The van der Waals surface area contributed by atoms with Gasteiger partial charge in [0.15, 0.2) is 0 Å². The summed E-state index contributed by atoms with van der Waals surface area (Å²) in [5.74, 6) is 0. The fourth-order valence-electron chi connectivity index (χ4n) is 1.46. The van der Waals surface area contributed by atoms with Gasteiger partial charge in [0.25, 0.3) is 0 Å². The first-order valence-corrected chi connectivity index (χ1v) is 5.81. The maximum absolute atomic E-state index is 3.33. The topological polar surface area (TPSA) is 24.1 Å². The van der Waals surface area contributed by atoms with Crippen molar-refractivity contribution in [3.8, 4) is 0 Å². The van der Waals surface area contributed by atoms with Crippen molar-refractivity contribution < 1.29 is 0 Å². The summed E-state index contributed by atoms with van der Waals surface area (Å²) < 4.78 is 0. The SMILES string of the molecule is Pc1ccccc1NCNc1ccccc1. The van der Waals surface area contributed by atoms with Gasteiger partial charge in [0.2, 0.25) is 0 Å². The molecule has 3 heteroatoms. The standard InChI is InChI=1S/C13H15N2P/c16-13-9-5-4-8-12(13)15-10-14-11-6-2-1-3-7-11/h1-9,14-15H,10,16H2. The highest BCUT2D eigenvalue weighted by molar-refractivity contribution is 7.28. The van der Waals surface area contributed by atoms with Crippen molar-refractivity contribution in [1.82, 2.24) is 0 Å². The first-order chi connectivity index (χ1) is 7.86. The van der Waals surface area contributed by atoms with Crippen LogP contribution in [-0.4, -0.2) is 6.67 Å². The van der Waals surface area contributed by atoms with E-state index in [1.165, 1.54) is 5.30 Å². The molecule has 0 bridgehead atoms. The maximum Gasteiger partial charge on any atom is 0.0849 e. The van der Waals surface area contributed by atoms with Crippen LogP contribution in [0.3, 0.4) is 0 Å². The Morgan fingerprint density at radius 1 is 0.812 bits per heavy atom. The smallest absolute Gasteiger partial charge is 0.0849 e. The Hall–Kier alpha value is -1.53. The predicted octanol–water partition coefficient (Wildman–Crippen LogP) is 2.67. The molecule has 0 heterocycles. The largest absolute Gasteiger partial charge is 0.368 e. The van der Waals surface area contributed by atoms with Crippen molar-refractivity contribution in [2.75, 3.05) is 17.3 Å². The highest BCUT2D eigenvalue weighted by Crippen LogP contribution is 2.08. The number of hydrogen-bond donors (Lipinski definition) is 2. The Balaban J connectivity index is 1.87. The molecule has 0 aliphatic carbocycles. The van der Waals surface area contributed by atoms with Crippen LogP contribution in [0, 0.1) is 0 Å². The summed E-state index contributed by atoms with van der Waals surface area (Å²) in [7, 11) is 2.72. The number of para-hydroxylation sites is 2. The van der Waals surface area contributed by atoms with Gasteiger partial charge in [-0.1, -0.05) is 36.4 Å². The van der Waals surface area contributed by atoms with Crippen molar-refractivity contribution in [2.24, 2.45) is 0 Å². The number of rotatable bonds is 4. The highest BCUT2D eigenvalue weighted by atomic mass is 31.0. The molecule has 82 valence electrons. The average Bonchev–Trinajstić information content (AvgIpc) is 2.33. The van der Waals surface area contributed by atoms with Crippen LogP contribution >= 0.6 is 9.24 Å². The van der Waals surface area contributed by atoms with E-state index in [2.05, 4.69) is 32.0 Å². The molecule has 0 saturated carbocycles. The van der Waals surface area contributed by atoms with Gasteiger partial charge in [0.1, 0.15) is 0 Å². The van der Waals surface area contributed by atoms with Crippen LogP contribution in [0.15, 0.2) is 54.6 Å². The Bertz CT molecular complexity index is 443. The lowest BCUT2D eigenvalue weighted by molar-refractivity contribution is 1.22. The third-order valence-corrected chi connectivity index (χ3v) is 2.81. The molecule has 0 saturated heterocycles. The van der Waals surface area contributed by atoms with Crippen LogP contribution in [0.4, 0.5) is 11.4 Å². The van der Waals surface area contributed by atoms with Crippen molar-refractivity contribution in [1.29, 1.82) is 0 Å². The van der Waals surface area contributed by atoms with E-state index in [1.54, 1.807) is 0 Å². The molecule has 2 nitrogen and oxygen atoms in total. The third kappa shape index (κ3) is 2.98. The molecule has 2 aromatic rings. The second-order valence-electron chi connectivity index (χ2n) is 3.48. The lowest BCUT2D eigenvalue weighted by Gasteiger charge is -2.11. The van der Waals surface area contributed by atoms with Gasteiger partial charge in [0.05, 0.1) is 6.67 Å². The minimum atomic E-state index is 0.718. The Morgan fingerprint density at radius 2 is 1.50 bits per heavy atom. The van der Waals surface area contributed by atoms with E-state index in [4.69, 9.17) is 0 Å². The lowest BCUT2D eigenvalue weighted by Crippen LogP contribution is -2.14. The van der Waals surface area contributed by atoms with Crippen LogP contribution in [-0.2, 0) is 0 Å². The molecule has 1 unspecified atom stereocenters. The van der Waals surface area contributed by atoms with Crippen LogP contribution in [0.1, 0.15) is 0 Å². The summed E-state index contributed by atoms with van der Waals surface area (Å²) in [5, 5.41) is 7.81. The predicted molar refractivity (Wildman–Crippen MR) is 74.3 cm³/mol. The number of hydrogen-bond acceptors (Lipinski definition) is 2. The van der Waals surface area contributed by atoms with Gasteiger partial charge in [-0.15, -0.1) is 9.24 Å².